The predicted molar refractivity (Wildman–Crippen MR) is 55.3 cm³/mol. The Hall–Kier alpha value is -1.30. The zero-order chi connectivity index (χ0) is 9.10. The van der Waals surface area contributed by atoms with E-state index in [0.29, 0.717) is 0 Å². The van der Waals surface area contributed by atoms with E-state index in [1.165, 1.54) is 24.0 Å². The maximum Gasteiger partial charge on any atom is -0.00232 e. The molecule has 0 atom stereocenters. The first-order valence-corrected chi connectivity index (χ1v) is 4.71. The van der Waals surface area contributed by atoms with Gasteiger partial charge in [-0.1, -0.05) is 43.0 Å². The largest absolute Gasteiger partial charge is 0.0807 e. The van der Waals surface area contributed by atoms with Crippen LogP contribution < -0.4 is 0 Å². The van der Waals surface area contributed by atoms with Crippen molar-refractivity contribution in [2.75, 3.05) is 0 Å². The van der Waals surface area contributed by atoms with E-state index in [4.69, 9.17) is 6.58 Å². The monoisotopic (exact) mass is 169 g/mol. The van der Waals surface area contributed by atoms with Gasteiger partial charge in [-0.3, -0.25) is 0 Å². The molecule has 0 heterocycles. The Kier molecular flexibility index (Phi) is 2.31. The molecular formula is C13H13. The van der Waals surface area contributed by atoms with E-state index in [1.54, 1.807) is 0 Å². The highest BCUT2D eigenvalue weighted by Gasteiger charge is 2.09. The summed E-state index contributed by atoms with van der Waals surface area (Å²) in [6, 6.07) is 10.4. The molecule has 0 saturated carbocycles. The molecule has 1 radical (unpaired) electrons. The molecular weight excluding hydrogens is 156 g/mol. The van der Waals surface area contributed by atoms with Crippen molar-refractivity contribution in [2.45, 2.75) is 19.3 Å². The summed E-state index contributed by atoms with van der Waals surface area (Å²) in [4.78, 5) is 0. The molecule has 0 nitrogen and oxygen atoms in total. The van der Waals surface area contributed by atoms with Gasteiger partial charge in [-0.05, 0) is 36.0 Å². The highest BCUT2D eigenvalue weighted by Crippen LogP contribution is 2.26. The number of rotatable bonds is 3. The highest BCUT2D eigenvalue weighted by molar-refractivity contribution is 5.36. The molecule has 0 fully saturated rings. The molecule has 2 rings (SSSR count). The van der Waals surface area contributed by atoms with Gasteiger partial charge in [-0.15, -0.1) is 0 Å². The molecule has 65 valence electrons. The third kappa shape index (κ3) is 1.89. The molecule has 0 spiro atoms. The Labute approximate surface area is 79.6 Å². The quantitative estimate of drug-likeness (QED) is 0.651. The van der Waals surface area contributed by atoms with Crippen LogP contribution in [0.15, 0.2) is 47.6 Å². The smallest absolute Gasteiger partial charge is 0.00232 e. The van der Waals surface area contributed by atoms with Crippen LogP contribution in [-0.2, 0) is 6.42 Å². The van der Waals surface area contributed by atoms with E-state index in [-0.39, 0.29) is 0 Å². The number of benzene rings is 1. The van der Waals surface area contributed by atoms with Crippen molar-refractivity contribution in [3.63, 3.8) is 0 Å². The van der Waals surface area contributed by atoms with Gasteiger partial charge < -0.3 is 0 Å². The minimum absolute atomic E-state index is 0.896. The van der Waals surface area contributed by atoms with Crippen molar-refractivity contribution in [1.82, 2.24) is 0 Å². The average Bonchev–Trinajstić information content (AvgIpc) is 2.02. The van der Waals surface area contributed by atoms with Gasteiger partial charge in [-0.2, -0.15) is 0 Å². The Balaban J connectivity index is 2.02. The van der Waals surface area contributed by atoms with Crippen LogP contribution in [-0.4, -0.2) is 0 Å². The van der Waals surface area contributed by atoms with Crippen LogP contribution in [0.4, 0.5) is 0 Å². The predicted octanol–water partition coefficient (Wildman–Crippen LogP) is 3.31. The zero-order valence-corrected chi connectivity index (χ0v) is 7.66. The first-order chi connectivity index (χ1) is 6.36. The van der Waals surface area contributed by atoms with Crippen LogP contribution >= 0.6 is 0 Å². The Morgan fingerprint density at radius 2 is 1.92 bits per heavy atom. The minimum atomic E-state index is 0.896. The maximum atomic E-state index is 5.96. The topological polar surface area (TPSA) is 0 Å². The standard InChI is InChI=1S/C13H13/c1-11(13-8-5-9-13)10-12-6-3-2-4-7-12/h1-4,6-8H,5,9-10H2. The molecule has 0 heteroatoms. The van der Waals surface area contributed by atoms with E-state index in [2.05, 4.69) is 30.3 Å². The maximum absolute atomic E-state index is 5.96. The van der Waals surface area contributed by atoms with Gasteiger partial charge in [0, 0.05) is 0 Å². The molecule has 0 aromatic heterocycles. The van der Waals surface area contributed by atoms with Crippen LogP contribution in [0.2, 0.25) is 0 Å². The third-order valence-corrected chi connectivity index (χ3v) is 2.45. The molecule has 1 aliphatic rings. The van der Waals surface area contributed by atoms with E-state index >= 15 is 0 Å². The number of allylic oxidation sites excluding steroid dienone is 3. The van der Waals surface area contributed by atoms with Crippen molar-refractivity contribution in [2.24, 2.45) is 0 Å². The summed E-state index contributed by atoms with van der Waals surface area (Å²) in [5.41, 5.74) is 3.69. The van der Waals surface area contributed by atoms with Gasteiger partial charge >= 0.3 is 0 Å². The van der Waals surface area contributed by atoms with Crippen LogP contribution in [0.5, 0.6) is 0 Å². The Morgan fingerprint density at radius 3 is 2.46 bits per heavy atom. The first kappa shape index (κ1) is 8.31. The Bertz CT molecular complexity index is 330. The number of hydrogen-bond acceptors (Lipinski definition) is 0. The lowest BCUT2D eigenvalue weighted by Crippen LogP contribution is -1.99. The SMILES string of the molecule is [CH]=C(Cc1ccccc1)C1=CCC1. The molecule has 0 amide bonds. The van der Waals surface area contributed by atoms with E-state index < -0.39 is 0 Å². The van der Waals surface area contributed by atoms with Gasteiger partial charge in [0.1, 0.15) is 0 Å². The van der Waals surface area contributed by atoms with Crippen molar-refractivity contribution < 1.29 is 0 Å². The molecule has 1 aromatic carbocycles. The second-order valence-corrected chi connectivity index (χ2v) is 3.46. The molecule has 0 unspecified atom stereocenters. The molecule has 0 bridgehead atoms. The van der Waals surface area contributed by atoms with Crippen molar-refractivity contribution in [3.8, 4) is 0 Å². The molecule has 1 aromatic rings. The summed E-state index contributed by atoms with van der Waals surface area (Å²) >= 11 is 0. The fourth-order valence-corrected chi connectivity index (χ4v) is 1.51. The Morgan fingerprint density at radius 1 is 1.23 bits per heavy atom. The normalized spacial score (nSPS) is 14.6. The fraction of sp³-hybridized carbons (Fsp3) is 0.231. The lowest BCUT2D eigenvalue weighted by molar-refractivity contribution is 0.869. The lowest BCUT2D eigenvalue weighted by atomic mass is 9.89. The van der Waals surface area contributed by atoms with Crippen molar-refractivity contribution in [1.29, 1.82) is 0 Å². The van der Waals surface area contributed by atoms with Crippen LogP contribution in [0.25, 0.3) is 0 Å². The summed E-state index contributed by atoms with van der Waals surface area (Å²) < 4.78 is 0. The average molecular weight is 169 g/mol. The second-order valence-electron chi connectivity index (χ2n) is 3.46. The summed E-state index contributed by atoms with van der Waals surface area (Å²) in [6.07, 6.45) is 5.48. The van der Waals surface area contributed by atoms with Crippen LogP contribution in [0.3, 0.4) is 0 Å². The molecule has 0 saturated heterocycles. The first-order valence-electron chi connectivity index (χ1n) is 4.71. The minimum Gasteiger partial charge on any atom is -0.0807 e. The van der Waals surface area contributed by atoms with Gasteiger partial charge in [0.2, 0.25) is 0 Å². The summed E-state index contributed by atoms with van der Waals surface area (Å²) in [5.74, 6) is 0. The number of hydrogen-bond donors (Lipinski definition) is 0. The van der Waals surface area contributed by atoms with Crippen LogP contribution in [0.1, 0.15) is 18.4 Å². The zero-order valence-electron chi connectivity index (χ0n) is 7.66. The van der Waals surface area contributed by atoms with Gasteiger partial charge in [0.15, 0.2) is 0 Å². The third-order valence-electron chi connectivity index (χ3n) is 2.45. The van der Waals surface area contributed by atoms with E-state index in [1.807, 2.05) is 6.07 Å². The summed E-state index contributed by atoms with van der Waals surface area (Å²) in [5, 5.41) is 0. The van der Waals surface area contributed by atoms with E-state index in [0.717, 1.165) is 12.0 Å². The molecule has 1 aliphatic carbocycles. The second kappa shape index (κ2) is 3.61. The van der Waals surface area contributed by atoms with Crippen molar-refractivity contribution >= 4 is 0 Å². The summed E-state index contributed by atoms with van der Waals surface area (Å²) in [6.45, 7) is 5.96. The fourth-order valence-electron chi connectivity index (χ4n) is 1.51. The van der Waals surface area contributed by atoms with E-state index in [9.17, 15) is 0 Å². The molecule has 0 N–H and O–H groups in total. The molecule has 13 heavy (non-hydrogen) atoms. The lowest BCUT2D eigenvalue weighted by Gasteiger charge is -2.16. The van der Waals surface area contributed by atoms with Crippen molar-refractivity contribution in [3.05, 3.63) is 59.7 Å². The highest BCUT2D eigenvalue weighted by atomic mass is 14.1. The van der Waals surface area contributed by atoms with Gasteiger partial charge in [0.05, 0.1) is 0 Å². The van der Waals surface area contributed by atoms with Gasteiger partial charge in [0.25, 0.3) is 0 Å². The van der Waals surface area contributed by atoms with Crippen LogP contribution in [0, 0.1) is 6.58 Å². The van der Waals surface area contributed by atoms with Gasteiger partial charge in [-0.25, -0.2) is 0 Å². The molecule has 0 aliphatic heterocycles. The summed E-state index contributed by atoms with van der Waals surface area (Å²) in [7, 11) is 0.